The molecule has 1 aliphatic rings. The lowest BCUT2D eigenvalue weighted by Crippen LogP contribution is -2.41. The number of carbonyl (C=O) groups excluding carboxylic acids is 1. The first-order valence-corrected chi connectivity index (χ1v) is 5.05. The summed E-state index contributed by atoms with van der Waals surface area (Å²) in [5.74, 6) is -0.330. The van der Waals surface area contributed by atoms with Crippen LogP contribution in [0.5, 0.6) is 0 Å². The summed E-state index contributed by atoms with van der Waals surface area (Å²) < 4.78 is 10.1. The van der Waals surface area contributed by atoms with E-state index in [9.17, 15) is 9.90 Å². The summed E-state index contributed by atoms with van der Waals surface area (Å²) in [4.78, 5) is 11.2. The van der Waals surface area contributed by atoms with Crippen LogP contribution in [-0.4, -0.2) is 36.0 Å². The third-order valence-electron chi connectivity index (χ3n) is 2.42. The molecule has 0 amide bonds. The van der Waals surface area contributed by atoms with Crippen LogP contribution in [0.25, 0.3) is 0 Å². The maximum atomic E-state index is 11.2. The molecule has 1 aliphatic heterocycles. The lowest BCUT2D eigenvalue weighted by Gasteiger charge is -2.34. The summed E-state index contributed by atoms with van der Waals surface area (Å²) >= 11 is 0. The molecule has 1 heterocycles. The molecule has 0 aromatic rings. The fourth-order valence-corrected chi connectivity index (χ4v) is 1.79. The van der Waals surface area contributed by atoms with Gasteiger partial charge < -0.3 is 14.6 Å². The van der Waals surface area contributed by atoms with Crippen molar-refractivity contribution < 1.29 is 19.4 Å². The molecule has 2 unspecified atom stereocenters. The molecular formula is C10H18O4. The number of aliphatic hydroxyl groups is 1. The standard InChI is InChI=1S/C10H18O4/c1-3-13-9(11)7-10(12)4-5-14-8(2)6-10/h8,12H,3-7H2,1-2H3. The molecule has 1 rings (SSSR count). The fraction of sp³-hybridized carbons (Fsp3) is 0.900. The van der Waals surface area contributed by atoms with Crippen LogP contribution in [0, 0.1) is 0 Å². The summed E-state index contributed by atoms with van der Waals surface area (Å²) in [5, 5.41) is 10.1. The second kappa shape index (κ2) is 4.75. The SMILES string of the molecule is CCOC(=O)CC1(O)CCOC(C)C1. The van der Waals surface area contributed by atoms with Crippen molar-refractivity contribution in [3.05, 3.63) is 0 Å². The van der Waals surface area contributed by atoms with Gasteiger partial charge in [-0.15, -0.1) is 0 Å². The number of hydrogen-bond acceptors (Lipinski definition) is 4. The Morgan fingerprint density at radius 1 is 1.71 bits per heavy atom. The van der Waals surface area contributed by atoms with E-state index in [-0.39, 0.29) is 18.5 Å². The topological polar surface area (TPSA) is 55.8 Å². The van der Waals surface area contributed by atoms with E-state index in [1.165, 1.54) is 0 Å². The minimum Gasteiger partial charge on any atom is -0.466 e. The Hall–Kier alpha value is -0.610. The molecule has 0 aromatic carbocycles. The van der Waals surface area contributed by atoms with Crippen molar-refractivity contribution in [2.24, 2.45) is 0 Å². The Morgan fingerprint density at radius 2 is 2.43 bits per heavy atom. The van der Waals surface area contributed by atoms with Gasteiger partial charge >= 0.3 is 5.97 Å². The minimum atomic E-state index is -0.927. The number of esters is 1. The largest absolute Gasteiger partial charge is 0.466 e. The number of ether oxygens (including phenoxy) is 2. The predicted molar refractivity (Wildman–Crippen MR) is 50.8 cm³/mol. The first-order valence-electron chi connectivity index (χ1n) is 5.05. The maximum absolute atomic E-state index is 11.2. The minimum absolute atomic E-state index is 0.0168. The van der Waals surface area contributed by atoms with Crippen LogP contribution in [0.2, 0.25) is 0 Å². The molecule has 1 fully saturated rings. The Kier molecular flexibility index (Phi) is 3.89. The van der Waals surface area contributed by atoms with E-state index < -0.39 is 5.60 Å². The van der Waals surface area contributed by atoms with Crippen LogP contribution in [-0.2, 0) is 14.3 Å². The predicted octanol–water partition coefficient (Wildman–Crippen LogP) is 0.870. The summed E-state index contributed by atoms with van der Waals surface area (Å²) in [6, 6.07) is 0. The highest BCUT2D eigenvalue weighted by molar-refractivity contribution is 5.70. The lowest BCUT2D eigenvalue weighted by molar-refractivity contribution is -0.155. The van der Waals surface area contributed by atoms with E-state index in [0.29, 0.717) is 26.1 Å². The molecule has 0 saturated carbocycles. The Bertz CT molecular complexity index is 204. The molecule has 1 N–H and O–H groups in total. The Labute approximate surface area is 84.2 Å². The van der Waals surface area contributed by atoms with Gasteiger partial charge in [0.25, 0.3) is 0 Å². The summed E-state index contributed by atoms with van der Waals surface area (Å²) in [7, 11) is 0. The van der Waals surface area contributed by atoms with E-state index in [2.05, 4.69) is 0 Å². The van der Waals surface area contributed by atoms with Gasteiger partial charge in [-0.2, -0.15) is 0 Å². The highest BCUT2D eigenvalue weighted by Gasteiger charge is 2.35. The molecule has 0 aliphatic carbocycles. The molecule has 1 saturated heterocycles. The molecular weight excluding hydrogens is 184 g/mol. The van der Waals surface area contributed by atoms with Gasteiger partial charge in [-0.25, -0.2) is 0 Å². The average molecular weight is 202 g/mol. The van der Waals surface area contributed by atoms with Crippen LogP contribution in [0.4, 0.5) is 0 Å². The first-order chi connectivity index (χ1) is 6.56. The fourth-order valence-electron chi connectivity index (χ4n) is 1.79. The third-order valence-corrected chi connectivity index (χ3v) is 2.42. The highest BCUT2D eigenvalue weighted by Crippen LogP contribution is 2.28. The van der Waals surface area contributed by atoms with Crippen LogP contribution >= 0.6 is 0 Å². The maximum Gasteiger partial charge on any atom is 0.308 e. The van der Waals surface area contributed by atoms with Crippen molar-refractivity contribution in [3.8, 4) is 0 Å². The molecule has 0 radical (unpaired) electrons. The Morgan fingerprint density at radius 3 is 3.00 bits per heavy atom. The van der Waals surface area contributed by atoms with Crippen molar-refractivity contribution in [2.45, 2.75) is 44.8 Å². The second-order valence-corrected chi connectivity index (χ2v) is 3.84. The zero-order chi connectivity index (χ0) is 10.6. The van der Waals surface area contributed by atoms with E-state index in [1.54, 1.807) is 6.92 Å². The zero-order valence-electron chi connectivity index (χ0n) is 8.78. The number of rotatable bonds is 3. The summed E-state index contributed by atoms with van der Waals surface area (Å²) in [6.07, 6.45) is 1.11. The second-order valence-electron chi connectivity index (χ2n) is 3.84. The van der Waals surface area contributed by atoms with Crippen LogP contribution in [0.1, 0.15) is 33.1 Å². The van der Waals surface area contributed by atoms with Crippen molar-refractivity contribution in [1.82, 2.24) is 0 Å². The van der Waals surface area contributed by atoms with Gasteiger partial charge in [0, 0.05) is 19.4 Å². The zero-order valence-corrected chi connectivity index (χ0v) is 8.78. The van der Waals surface area contributed by atoms with Gasteiger partial charge in [0.1, 0.15) is 0 Å². The van der Waals surface area contributed by atoms with Gasteiger partial charge in [-0.1, -0.05) is 0 Å². The van der Waals surface area contributed by atoms with Gasteiger partial charge in [-0.05, 0) is 13.8 Å². The molecule has 0 bridgehead atoms. The third kappa shape index (κ3) is 3.27. The smallest absolute Gasteiger partial charge is 0.308 e. The molecule has 0 aromatic heterocycles. The van der Waals surface area contributed by atoms with Crippen molar-refractivity contribution >= 4 is 5.97 Å². The monoisotopic (exact) mass is 202 g/mol. The molecule has 82 valence electrons. The molecule has 0 spiro atoms. The Balaban J connectivity index is 2.43. The normalized spacial score (nSPS) is 32.6. The van der Waals surface area contributed by atoms with Crippen LogP contribution < -0.4 is 0 Å². The summed E-state index contributed by atoms with van der Waals surface area (Å²) in [5.41, 5.74) is -0.927. The van der Waals surface area contributed by atoms with Gasteiger partial charge in [0.15, 0.2) is 0 Å². The summed E-state index contributed by atoms with van der Waals surface area (Å²) in [6.45, 7) is 4.53. The lowest BCUT2D eigenvalue weighted by atomic mass is 9.88. The van der Waals surface area contributed by atoms with E-state index in [4.69, 9.17) is 9.47 Å². The van der Waals surface area contributed by atoms with Gasteiger partial charge in [0.05, 0.1) is 24.7 Å². The highest BCUT2D eigenvalue weighted by atomic mass is 16.5. The molecule has 2 atom stereocenters. The van der Waals surface area contributed by atoms with Crippen LogP contribution in [0.3, 0.4) is 0 Å². The van der Waals surface area contributed by atoms with E-state index >= 15 is 0 Å². The van der Waals surface area contributed by atoms with Gasteiger partial charge in [-0.3, -0.25) is 4.79 Å². The van der Waals surface area contributed by atoms with Crippen molar-refractivity contribution in [3.63, 3.8) is 0 Å². The van der Waals surface area contributed by atoms with Crippen molar-refractivity contribution in [1.29, 1.82) is 0 Å². The number of hydrogen-bond donors (Lipinski definition) is 1. The van der Waals surface area contributed by atoms with Crippen LogP contribution in [0.15, 0.2) is 0 Å². The molecule has 14 heavy (non-hydrogen) atoms. The first kappa shape index (κ1) is 11.5. The molecule has 4 nitrogen and oxygen atoms in total. The quantitative estimate of drug-likeness (QED) is 0.690. The van der Waals surface area contributed by atoms with E-state index in [0.717, 1.165) is 0 Å². The molecule has 4 heteroatoms. The average Bonchev–Trinajstić information content (AvgIpc) is 2.02. The van der Waals surface area contributed by atoms with E-state index in [1.807, 2.05) is 6.92 Å². The van der Waals surface area contributed by atoms with Gasteiger partial charge in [0.2, 0.25) is 0 Å². The van der Waals surface area contributed by atoms with Crippen molar-refractivity contribution in [2.75, 3.05) is 13.2 Å². The number of carbonyl (C=O) groups is 1.